The van der Waals surface area contributed by atoms with Gasteiger partial charge in [-0.2, -0.15) is 4.99 Å². The van der Waals surface area contributed by atoms with Crippen LogP contribution in [0.1, 0.15) is 42.2 Å². The summed E-state index contributed by atoms with van der Waals surface area (Å²) >= 11 is 6.01. The summed E-state index contributed by atoms with van der Waals surface area (Å²) in [4.78, 5) is 5.63. The minimum Gasteiger partial charge on any atom is -0.206 e. The Morgan fingerprint density at radius 1 is 0.931 bits per heavy atom. The highest BCUT2D eigenvalue weighted by Gasteiger charge is 2.15. The summed E-state index contributed by atoms with van der Waals surface area (Å²) in [5.74, 6) is 4.54. The van der Waals surface area contributed by atoms with E-state index in [-0.39, 0.29) is 5.56 Å². The Morgan fingerprint density at radius 2 is 1.62 bits per heavy atom. The average Bonchev–Trinajstić information content (AvgIpc) is 3.16. The van der Waals surface area contributed by atoms with Crippen molar-refractivity contribution in [3.8, 4) is 22.3 Å². The fraction of sp³-hybridized carbons (Fsp3) is 0.208. The van der Waals surface area contributed by atoms with Crippen LogP contribution in [0.15, 0.2) is 53.5 Å². The first-order valence-electron chi connectivity index (χ1n) is 9.38. The number of aryl methyl sites for hydroxylation is 1. The van der Waals surface area contributed by atoms with Crippen LogP contribution in [0.3, 0.4) is 0 Å². The van der Waals surface area contributed by atoms with Crippen molar-refractivity contribution in [3.63, 3.8) is 0 Å². The highest BCUT2D eigenvalue weighted by Crippen LogP contribution is 2.33. The minimum atomic E-state index is -0.595. The number of rotatable bonds is 6. The number of isothiocyanates is 1. The molecule has 3 aromatic rings. The predicted octanol–water partition coefficient (Wildman–Crippen LogP) is 7.56. The van der Waals surface area contributed by atoms with Crippen molar-refractivity contribution >= 4 is 34.4 Å². The maximum absolute atomic E-state index is 14.6. The number of hydrogen-bond donors (Lipinski definition) is 0. The van der Waals surface area contributed by atoms with E-state index in [9.17, 15) is 8.78 Å². The van der Waals surface area contributed by atoms with Gasteiger partial charge in [0, 0.05) is 20.9 Å². The number of nitrogens with zero attached hydrogens (tertiary/aromatic N) is 1. The molecular formula is C24H19F2NS2. The van der Waals surface area contributed by atoms with Crippen LogP contribution < -0.4 is 0 Å². The van der Waals surface area contributed by atoms with E-state index in [4.69, 9.17) is 0 Å². The molecule has 0 fully saturated rings. The minimum absolute atomic E-state index is 0.0182. The van der Waals surface area contributed by atoms with E-state index in [0.29, 0.717) is 21.7 Å². The first kappa shape index (κ1) is 21.1. The van der Waals surface area contributed by atoms with E-state index in [0.717, 1.165) is 30.6 Å². The third-order valence-electron chi connectivity index (χ3n) is 4.37. The van der Waals surface area contributed by atoms with E-state index < -0.39 is 11.6 Å². The summed E-state index contributed by atoms with van der Waals surface area (Å²) in [6.45, 7) is 2.15. The Morgan fingerprint density at radius 3 is 2.28 bits per heavy atom. The molecule has 0 radical (unpaired) electrons. The molecule has 0 aliphatic carbocycles. The van der Waals surface area contributed by atoms with E-state index >= 15 is 0 Å². The largest absolute Gasteiger partial charge is 0.206 e. The second-order valence-electron chi connectivity index (χ2n) is 6.54. The van der Waals surface area contributed by atoms with Gasteiger partial charge in [-0.15, -0.1) is 11.3 Å². The van der Waals surface area contributed by atoms with Gasteiger partial charge < -0.3 is 0 Å². The number of thiocarbonyl (C=S) groups is 1. The normalized spacial score (nSPS) is 10.2. The van der Waals surface area contributed by atoms with Crippen LogP contribution in [-0.4, -0.2) is 5.16 Å². The molecule has 0 aliphatic rings. The molecule has 29 heavy (non-hydrogen) atoms. The van der Waals surface area contributed by atoms with Crippen LogP contribution in [0, 0.1) is 23.5 Å². The van der Waals surface area contributed by atoms with Gasteiger partial charge >= 0.3 is 0 Å². The lowest BCUT2D eigenvalue weighted by Crippen LogP contribution is -1.90. The third kappa shape index (κ3) is 5.68. The highest BCUT2D eigenvalue weighted by molar-refractivity contribution is 7.78. The number of hydrogen-bond acceptors (Lipinski definition) is 3. The van der Waals surface area contributed by atoms with Gasteiger partial charge in [-0.3, -0.25) is 0 Å². The standard InChI is InChI=1S/C24H19F2NS2/c1-2-3-4-5-20-12-13-23(29-20)24-21(25)14-18(15-22(24)26)7-6-17-8-10-19(11-9-17)27-16-28/h8-15H,2-5H2,1H3. The van der Waals surface area contributed by atoms with E-state index in [2.05, 4.69) is 41.1 Å². The lowest BCUT2D eigenvalue weighted by molar-refractivity contribution is 0.589. The zero-order chi connectivity index (χ0) is 20.6. The molecule has 0 unspecified atom stereocenters. The Bertz CT molecular complexity index is 1070. The van der Waals surface area contributed by atoms with Crippen LogP contribution in [0.5, 0.6) is 0 Å². The molecule has 0 spiro atoms. The van der Waals surface area contributed by atoms with Gasteiger partial charge in [-0.05, 0) is 73.6 Å². The lowest BCUT2D eigenvalue weighted by Gasteiger charge is -2.03. The van der Waals surface area contributed by atoms with Crippen LogP contribution in [0.2, 0.25) is 0 Å². The molecule has 1 nitrogen and oxygen atoms in total. The second-order valence-corrected chi connectivity index (χ2v) is 7.89. The molecule has 2 aromatic carbocycles. The fourth-order valence-corrected chi connectivity index (χ4v) is 4.10. The molecule has 0 saturated heterocycles. The molecular weight excluding hydrogens is 404 g/mol. The molecule has 5 heteroatoms. The van der Waals surface area contributed by atoms with Gasteiger partial charge in [-0.25, -0.2) is 8.78 Å². The average molecular weight is 424 g/mol. The Balaban J connectivity index is 1.80. The van der Waals surface area contributed by atoms with Crippen LogP contribution in [0.4, 0.5) is 14.5 Å². The fourth-order valence-electron chi connectivity index (χ4n) is 2.89. The number of thiophene rings is 1. The van der Waals surface area contributed by atoms with Crippen molar-refractivity contribution in [3.05, 3.63) is 76.2 Å². The number of halogens is 2. The Kier molecular flexibility index (Phi) is 7.43. The van der Waals surface area contributed by atoms with E-state index in [1.807, 2.05) is 6.07 Å². The van der Waals surface area contributed by atoms with Crippen LogP contribution >= 0.6 is 23.6 Å². The first-order chi connectivity index (χ1) is 14.1. The second kappa shape index (κ2) is 10.2. The SMILES string of the molecule is CCCCCc1ccc(-c2c(F)cc(C#Cc3ccc(N=C=S)cc3)cc2F)s1. The van der Waals surface area contributed by atoms with Gasteiger partial charge in [0.25, 0.3) is 0 Å². The zero-order valence-electron chi connectivity index (χ0n) is 16.0. The predicted molar refractivity (Wildman–Crippen MR) is 120 cm³/mol. The summed E-state index contributed by atoms with van der Waals surface area (Å²) in [6.07, 6.45) is 4.34. The van der Waals surface area contributed by atoms with Gasteiger partial charge in [0.2, 0.25) is 0 Å². The molecule has 146 valence electrons. The van der Waals surface area contributed by atoms with Crippen LogP contribution in [-0.2, 0) is 6.42 Å². The molecule has 0 N–H and O–H groups in total. The van der Waals surface area contributed by atoms with E-state index in [1.54, 1.807) is 30.3 Å². The van der Waals surface area contributed by atoms with E-state index in [1.165, 1.54) is 23.5 Å². The molecule has 0 atom stereocenters. The maximum Gasteiger partial charge on any atom is 0.136 e. The van der Waals surface area contributed by atoms with Gasteiger partial charge in [0.05, 0.1) is 16.4 Å². The zero-order valence-corrected chi connectivity index (χ0v) is 17.6. The van der Waals surface area contributed by atoms with Crippen LogP contribution in [0.25, 0.3) is 10.4 Å². The summed E-state index contributed by atoms with van der Waals surface area (Å²) in [5.41, 5.74) is 1.71. The molecule has 1 heterocycles. The smallest absolute Gasteiger partial charge is 0.136 e. The molecule has 0 saturated carbocycles. The molecule has 0 amide bonds. The van der Waals surface area contributed by atoms with Crippen molar-refractivity contribution in [2.75, 3.05) is 0 Å². The quantitative estimate of drug-likeness (QED) is 0.172. The lowest BCUT2D eigenvalue weighted by atomic mass is 10.1. The topological polar surface area (TPSA) is 12.4 Å². The third-order valence-corrected chi connectivity index (χ3v) is 5.62. The van der Waals surface area contributed by atoms with Gasteiger partial charge in [0.15, 0.2) is 0 Å². The summed E-state index contributed by atoms with van der Waals surface area (Å²) in [7, 11) is 0. The Labute approximate surface area is 179 Å². The number of unbranched alkanes of at least 4 members (excludes halogenated alkanes) is 2. The molecule has 3 rings (SSSR count). The summed E-state index contributed by atoms with van der Waals surface area (Å²) in [6, 6.07) is 13.4. The van der Waals surface area contributed by atoms with Crippen molar-refractivity contribution in [1.29, 1.82) is 0 Å². The highest BCUT2D eigenvalue weighted by atomic mass is 32.1. The Hall–Kier alpha value is -2.64. The summed E-state index contributed by atoms with van der Waals surface area (Å²) < 4.78 is 29.3. The van der Waals surface area contributed by atoms with Crippen molar-refractivity contribution < 1.29 is 8.78 Å². The maximum atomic E-state index is 14.6. The number of benzene rings is 2. The van der Waals surface area contributed by atoms with Crippen molar-refractivity contribution in [2.45, 2.75) is 32.6 Å². The van der Waals surface area contributed by atoms with Crippen molar-refractivity contribution in [2.24, 2.45) is 4.99 Å². The molecule has 0 aliphatic heterocycles. The molecule has 0 bridgehead atoms. The van der Waals surface area contributed by atoms with Gasteiger partial charge in [0.1, 0.15) is 11.6 Å². The van der Waals surface area contributed by atoms with Gasteiger partial charge in [-0.1, -0.05) is 31.6 Å². The monoisotopic (exact) mass is 423 g/mol. The summed E-state index contributed by atoms with van der Waals surface area (Å²) in [5, 5.41) is 2.30. The molecule has 1 aromatic heterocycles. The number of aliphatic imine (C=N–C) groups is 1. The first-order valence-corrected chi connectivity index (χ1v) is 10.6. The van der Waals surface area contributed by atoms with Crippen molar-refractivity contribution in [1.82, 2.24) is 0 Å².